The average molecular weight is 292 g/mol. The molecule has 118 valence electrons. The SMILES string of the molecule is CC(C)(C)C(=O)N1CCC2CC(=O)N(C3CC3)CCC2C1. The quantitative estimate of drug-likeness (QED) is 0.744. The maximum atomic E-state index is 12.5. The van der Waals surface area contributed by atoms with E-state index < -0.39 is 0 Å². The van der Waals surface area contributed by atoms with Crippen LogP contribution in [-0.4, -0.2) is 47.3 Å². The van der Waals surface area contributed by atoms with E-state index in [1.807, 2.05) is 25.7 Å². The first-order valence-electron chi connectivity index (χ1n) is 8.45. The number of piperidine rings is 1. The molecule has 0 bridgehead atoms. The van der Waals surface area contributed by atoms with Crippen LogP contribution in [0.15, 0.2) is 0 Å². The van der Waals surface area contributed by atoms with Gasteiger partial charge in [-0.25, -0.2) is 0 Å². The maximum Gasteiger partial charge on any atom is 0.227 e. The Morgan fingerprint density at radius 1 is 1.05 bits per heavy atom. The van der Waals surface area contributed by atoms with Crippen molar-refractivity contribution in [2.45, 2.75) is 58.9 Å². The highest BCUT2D eigenvalue weighted by Gasteiger charge is 2.41. The van der Waals surface area contributed by atoms with Gasteiger partial charge in [-0.05, 0) is 37.5 Å². The number of amides is 2. The van der Waals surface area contributed by atoms with E-state index in [4.69, 9.17) is 0 Å². The van der Waals surface area contributed by atoms with E-state index >= 15 is 0 Å². The lowest BCUT2D eigenvalue weighted by Crippen LogP contribution is -2.47. The van der Waals surface area contributed by atoms with E-state index in [0.29, 0.717) is 30.2 Å². The monoisotopic (exact) mass is 292 g/mol. The summed E-state index contributed by atoms with van der Waals surface area (Å²) in [6, 6.07) is 0.532. The number of likely N-dealkylation sites (tertiary alicyclic amines) is 2. The van der Waals surface area contributed by atoms with Gasteiger partial charge < -0.3 is 9.80 Å². The van der Waals surface area contributed by atoms with E-state index in [-0.39, 0.29) is 11.3 Å². The zero-order chi connectivity index (χ0) is 15.2. The molecular weight excluding hydrogens is 264 g/mol. The number of nitrogens with zero attached hydrogens (tertiary/aromatic N) is 2. The minimum Gasteiger partial charge on any atom is -0.342 e. The summed E-state index contributed by atoms with van der Waals surface area (Å²) >= 11 is 0. The van der Waals surface area contributed by atoms with Gasteiger partial charge in [-0.2, -0.15) is 0 Å². The molecule has 2 saturated heterocycles. The van der Waals surface area contributed by atoms with Crippen LogP contribution in [0, 0.1) is 17.3 Å². The van der Waals surface area contributed by atoms with Crippen molar-refractivity contribution in [2.24, 2.45) is 17.3 Å². The van der Waals surface area contributed by atoms with Crippen LogP contribution in [0.2, 0.25) is 0 Å². The molecule has 3 rings (SSSR count). The van der Waals surface area contributed by atoms with Crippen molar-refractivity contribution in [2.75, 3.05) is 19.6 Å². The lowest BCUT2D eigenvalue weighted by Gasteiger charge is -2.40. The van der Waals surface area contributed by atoms with E-state index in [1.165, 1.54) is 12.8 Å². The van der Waals surface area contributed by atoms with Crippen LogP contribution in [0.5, 0.6) is 0 Å². The molecule has 2 atom stereocenters. The molecule has 4 heteroatoms. The van der Waals surface area contributed by atoms with E-state index in [0.717, 1.165) is 32.5 Å². The molecule has 0 aromatic rings. The summed E-state index contributed by atoms with van der Waals surface area (Å²) in [6.07, 6.45) is 5.15. The normalized spacial score (nSPS) is 30.9. The third kappa shape index (κ3) is 3.09. The van der Waals surface area contributed by atoms with Gasteiger partial charge in [0.15, 0.2) is 0 Å². The van der Waals surface area contributed by atoms with Gasteiger partial charge in [0.2, 0.25) is 11.8 Å². The Morgan fingerprint density at radius 3 is 2.33 bits per heavy atom. The van der Waals surface area contributed by atoms with Crippen molar-refractivity contribution < 1.29 is 9.59 Å². The number of fused-ring (bicyclic) bond motifs is 1. The number of hydrogen-bond acceptors (Lipinski definition) is 2. The Kier molecular flexibility index (Phi) is 3.74. The highest BCUT2D eigenvalue weighted by Crippen LogP contribution is 2.37. The fraction of sp³-hybridized carbons (Fsp3) is 0.882. The minimum absolute atomic E-state index is 0.260. The van der Waals surface area contributed by atoms with E-state index in [9.17, 15) is 9.59 Å². The fourth-order valence-electron chi connectivity index (χ4n) is 3.88. The molecule has 0 aromatic heterocycles. The summed E-state index contributed by atoms with van der Waals surface area (Å²) in [4.78, 5) is 29.0. The molecule has 3 fully saturated rings. The van der Waals surface area contributed by atoms with Crippen LogP contribution < -0.4 is 0 Å². The summed E-state index contributed by atoms with van der Waals surface area (Å²) in [7, 11) is 0. The molecular formula is C17H28N2O2. The molecule has 0 N–H and O–H groups in total. The number of carbonyl (C=O) groups excluding carboxylic acids is 2. The second-order valence-electron chi connectivity index (χ2n) is 8.12. The predicted octanol–water partition coefficient (Wildman–Crippen LogP) is 2.28. The summed E-state index contributed by atoms with van der Waals surface area (Å²) in [5, 5.41) is 0. The first-order chi connectivity index (χ1) is 9.86. The molecule has 0 radical (unpaired) electrons. The first kappa shape index (κ1) is 14.9. The van der Waals surface area contributed by atoms with Gasteiger partial charge in [0.1, 0.15) is 0 Å². The molecule has 2 amide bonds. The first-order valence-corrected chi connectivity index (χ1v) is 8.45. The molecule has 2 heterocycles. The molecule has 2 unspecified atom stereocenters. The third-order valence-electron chi connectivity index (χ3n) is 5.31. The average Bonchev–Trinajstić information content (AvgIpc) is 3.22. The molecule has 1 saturated carbocycles. The Bertz CT molecular complexity index is 437. The van der Waals surface area contributed by atoms with E-state index in [1.54, 1.807) is 0 Å². The van der Waals surface area contributed by atoms with Crippen molar-refractivity contribution in [3.8, 4) is 0 Å². The second kappa shape index (κ2) is 5.29. The summed E-state index contributed by atoms with van der Waals surface area (Å²) in [5.41, 5.74) is -0.298. The molecule has 4 nitrogen and oxygen atoms in total. The Balaban J connectivity index is 1.66. The van der Waals surface area contributed by atoms with Gasteiger partial charge in [-0.1, -0.05) is 20.8 Å². The minimum atomic E-state index is -0.298. The predicted molar refractivity (Wildman–Crippen MR) is 81.6 cm³/mol. The van der Waals surface area contributed by atoms with Crippen LogP contribution in [0.4, 0.5) is 0 Å². The van der Waals surface area contributed by atoms with Crippen LogP contribution in [0.25, 0.3) is 0 Å². The summed E-state index contributed by atoms with van der Waals surface area (Å²) in [5.74, 6) is 1.62. The van der Waals surface area contributed by atoms with Crippen LogP contribution in [0.1, 0.15) is 52.9 Å². The largest absolute Gasteiger partial charge is 0.342 e. The lowest BCUT2D eigenvalue weighted by atomic mass is 9.81. The molecule has 0 spiro atoms. The summed E-state index contributed by atoms with van der Waals surface area (Å²) in [6.45, 7) is 8.56. The van der Waals surface area contributed by atoms with Crippen molar-refractivity contribution in [1.29, 1.82) is 0 Å². The molecule has 21 heavy (non-hydrogen) atoms. The molecule has 1 aliphatic carbocycles. The molecule has 0 aromatic carbocycles. The summed E-state index contributed by atoms with van der Waals surface area (Å²) < 4.78 is 0. The van der Waals surface area contributed by atoms with Gasteiger partial charge in [-0.15, -0.1) is 0 Å². The van der Waals surface area contributed by atoms with Gasteiger partial charge in [0.05, 0.1) is 0 Å². The lowest BCUT2D eigenvalue weighted by molar-refractivity contribution is -0.142. The topological polar surface area (TPSA) is 40.6 Å². The van der Waals surface area contributed by atoms with Gasteiger partial charge >= 0.3 is 0 Å². The van der Waals surface area contributed by atoms with Crippen molar-refractivity contribution >= 4 is 11.8 Å². The standard InChI is InChI=1S/C17H28N2O2/c1-17(2,3)16(21)18-8-6-12-10-15(20)19(14-4-5-14)9-7-13(12)11-18/h12-14H,4-11H2,1-3H3. The van der Waals surface area contributed by atoms with E-state index in [2.05, 4.69) is 4.90 Å². The number of hydrogen-bond donors (Lipinski definition) is 0. The molecule has 2 aliphatic heterocycles. The maximum absolute atomic E-state index is 12.5. The van der Waals surface area contributed by atoms with Crippen LogP contribution in [-0.2, 0) is 9.59 Å². The van der Waals surface area contributed by atoms with Crippen LogP contribution in [0.3, 0.4) is 0 Å². The number of carbonyl (C=O) groups is 2. The number of rotatable bonds is 1. The zero-order valence-corrected chi connectivity index (χ0v) is 13.6. The zero-order valence-electron chi connectivity index (χ0n) is 13.6. The Hall–Kier alpha value is -1.06. The highest BCUT2D eigenvalue weighted by molar-refractivity contribution is 5.82. The van der Waals surface area contributed by atoms with Gasteiger partial charge in [0.25, 0.3) is 0 Å². The Morgan fingerprint density at radius 2 is 1.71 bits per heavy atom. The van der Waals surface area contributed by atoms with Crippen LogP contribution >= 0.6 is 0 Å². The van der Waals surface area contributed by atoms with Crippen molar-refractivity contribution in [3.63, 3.8) is 0 Å². The third-order valence-corrected chi connectivity index (χ3v) is 5.31. The van der Waals surface area contributed by atoms with Gasteiger partial charge in [0, 0.05) is 37.5 Å². The Labute approximate surface area is 127 Å². The second-order valence-corrected chi connectivity index (χ2v) is 8.12. The van der Waals surface area contributed by atoms with Gasteiger partial charge in [-0.3, -0.25) is 9.59 Å². The van der Waals surface area contributed by atoms with Crippen molar-refractivity contribution in [1.82, 2.24) is 9.80 Å². The highest BCUT2D eigenvalue weighted by atomic mass is 16.2. The molecule has 3 aliphatic rings. The smallest absolute Gasteiger partial charge is 0.227 e. The fourth-order valence-corrected chi connectivity index (χ4v) is 3.88. The van der Waals surface area contributed by atoms with Crippen molar-refractivity contribution in [3.05, 3.63) is 0 Å².